The third-order valence-corrected chi connectivity index (χ3v) is 6.01. The number of benzene rings is 2. The zero-order chi connectivity index (χ0) is 22.5. The number of para-hydroxylation sites is 2. The Balaban J connectivity index is 1.75. The van der Waals surface area contributed by atoms with Gasteiger partial charge in [-0.25, -0.2) is 0 Å². The Morgan fingerprint density at radius 3 is 2.69 bits per heavy atom. The smallest absolute Gasteiger partial charge is 0.307 e. The summed E-state index contributed by atoms with van der Waals surface area (Å²) in [7, 11) is 1.44. The van der Waals surface area contributed by atoms with E-state index in [2.05, 4.69) is 78.4 Å². The number of methoxy groups -OCH3 is 1. The highest BCUT2D eigenvalue weighted by Gasteiger charge is 2.47. The Morgan fingerprint density at radius 1 is 1.16 bits per heavy atom. The number of fused-ring (bicyclic) bond motifs is 7. The highest BCUT2D eigenvalue weighted by atomic mass is 16.5. The van der Waals surface area contributed by atoms with Crippen LogP contribution in [0.15, 0.2) is 60.4 Å². The molecule has 2 unspecified atom stereocenters. The lowest BCUT2D eigenvalue weighted by Crippen LogP contribution is -2.49. The zero-order valence-electron chi connectivity index (χ0n) is 19.0. The maximum Gasteiger partial charge on any atom is 0.307 e. The Kier molecular flexibility index (Phi) is 4.88. The van der Waals surface area contributed by atoms with E-state index in [1.807, 2.05) is 18.2 Å². The summed E-state index contributed by atoms with van der Waals surface area (Å²) in [5.41, 5.74) is 4.21. The Labute approximate surface area is 189 Å². The molecule has 0 saturated carbocycles. The highest BCUT2D eigenvalue weighted by molar-refractivity contribution is 5.85. The van der Waals surface area contributed by atoms with Crippen LogP contribution >= 0.6 is 0 Å². The van der Waals surface area contributed by atoms with Gasteiger partial charge in [0.25, 0.3) is 0 Å². The summed E-state index contributed by atoms with van der Waals surface area (Å²) in [6.07, 6.45) is 4.55. The molecule has 3 heterocycles. The summed E-state index contributed by atoms with van der Waals surface area (Å²) in [6.45, 7) is 6.89. The molecule has 6 heteroatoms. The normalized spacial score (nSPS) is 21.1. The number of hydrogen-bond acceptors (Lipinski definition) is 6. The van der Waals surface area contributed by atoms with Crippen LogP contribution in [-0.4, -0.2) is 42.3 Å². The lowest BCUT2D eigenvalue weighted by Gasteiger charge is -2.39. The third-order valence-electron chi connectivity index (χ3n) is 6.01. The predicted octanol–water partition coefficient (Wildman–Crippen LogP) is 4.20. The van der Waals surface area contributed by atoms with E-state index in [9.17, 15) is 4.79 Å². The SMILES string of the molecule is COC(=O)CC1COc2ccccc2C2=C(NC(C)(C)C)N3c4ccccc4C=CC3N21. The van der Waals surface area contributed by atoms with Crippen LogP contribution in [0.2, 0.25) is 0 Å². The molecule has 166 valence electrons. The molecule has 0 aromatic heterocycles. The van der Waals surface area contributed by atoms with Gasteiger partial charge in [-0.15, -0.1) is 0 Å². The molecule has 0 bridgehead atoms. The molecule has 3 aliphatic rings. The molecule has 0 amide bonds. The topological polar surface area (TPSA) is 54.0 Å². The Bertz CT molecular complexity index is 1120. The van der Waals surface area contributed by atoms with Gasteiger partial charge < -0.3 is 24.6 Å². The first kappa shape index (κ1) is 20.5. The maximum absolute atomic E-state index is 12.4. The van der Waals surface area contributed by atoms with Gasteiger partial charge in [-0.2, -0.15) is 0 Å². The van der Waals surface area contributed by atoms with E-state index in [0.717, 1.165) is 28.5 Å². The summed E-state index contributed by atoms with van der Waals surface area (Å²) in [5.74, 6) is 1.60. The van der Waals surface area contributed by atoms with Gasteiger partial charge in [-0.3, -0.25) is 4.79 Å². The van der Waals surface area contributed by atoms with Gasteiger partial charge in [0.2, 0.25) is 0 Å². The molecule has 32 heavy (non-hydrogen) atoms. The van der Waals surface area contributed by atoms with E-state index in [0.29, 0.717) is 6.61 Å². The zero-order valence-corrected chi connectivity index (χ0v) is 19.0. The fraction of sp³-hybridized carbons (Fsp3) is 0.346. The summed E-state index contributed by atoms with van der Waals surface area (Å²) < 4.78 is 11.3. The molecule has 5 rings (SSSR count). The van der Waals surface area contributed by atoms with Crippen molar-refractivity contribution in [3.05, 3.63) is 71.6 Å². The molecule has 2 aromatic carbocycles. The minimum absolute atomic E-state index is 0.0748. The second-order valence-corrected chi connectivity index (χ2v) is 9.42. The molecule has 2 atom stereocenters. The first-order chi connectivity index (χ1) is 15.4. The molecule has 0 aliphatic carbocycles. The fourth-order valence-electron chi connectivity index (χ4n) is 4.73. The quantitative estimate of drug-likeness (QED) is 0.735. The van der Waals surface area contributed by atoms with Crippen LogP contribution in [0.1, 0.15) is 38.3 Å². The molecule has 0 fully saturated rings. The van der Waals surface area contributed by atoms with Crippen LogP contribution in [0.4, 0.5) is 5.69 Å². The van der Waals surface area contributed by atoms with Crippen molar-refractivity contribution in [3.8, 4) is 5.75 Å². The highest BCUT2D eigenvalue weighted by Crippen LogP contribution is 2.47. The molecule has 2 aromatic rings. The van der Waals surface area contributed by atoms with Gasteiger partial charge in [0, 0.05) is 11.1 Å². The second-order valence-electron chi connectivity index (χ2n) is 9.42. The van der Waals surface area contributed by atoms with E-state index in [1.165, 1.54) is 12.7 Å². The lowest BCUT2D eigenvalue weighted by molar-refractivity contribution is -0.142. The minimum atomic E-state index is -0.243. The van der Waals surface area contributed by atoms with E-state index in [1.54, 1.807) is 0 Å². The standard InChI is InChI=1S/C26H29N3O3/c1-26(2,3)27-25-24-19-10-6-8-12-21(19)32-16-18(15-23(30)31-4)28(24)22-14-13-17-9-5-7-11-20(17)29(22)25/h5-14,18,22,27H,15-16H2,1-4H3. The average Bonchev–Trinajstić information content (AvgIpc) is 2.99. The minimum Gasteiger partial charge on any atom is -0.491 e. The molecule has 0 spiro atoms. The van der Waals surface area contributed by atoms with Crippen molar-refractivity contribution >= 4 is 23.4 Å². The van der Waals surface area contributed by atoms with Crippen LogP contribution in [0.25, 0.3) is 11.8 Å². The molecule has 0 saturated heterocycles. The number of nitrogens with one attached hydrogen (secondary N) is 1. The number of carbonyl (C=O) groups excluding carboxylic acids is 1. The van der Waals surface area contributed by atoms with Crippen molar-refractivity contribution in [1.29, 1.82) is 0 Å². The number of esters is 1. The van der Waals surface area contributed by atoms with Crippen LogP contribution in [0, 0.1) is 0 Å². The molecule has 6 nitrogen and oxygen atoms in total. The number of rotatable bonds is 3. The predicted molar refractivity (Wildman–Crippen MR) is 126 cm³/mol. The van der Waals surface area contributed by atoms with E-state index in [4.69, 9.17) is 9.47 Å². The van der Waals surface area contributed by atoms with Crippen molar-refractivity contribution < 1.29 is 14.3 Å². The largest absolute Gasteiger partial charge is 0.491 e. The van der Waals surface area contributed by atoms with Gasteiger partial charge in [0.05, 0.1) is 31.0 Å². The van der Waals surface area contributed by atoms with Crippen molar-refractivity contribution in [1.82, 2.24) is 10.2 Å². The summed E-state index contributed by atoms with van der Waals surface area (Å²) >= 11 is 0. The maximum atomic E-state index is 12.4. The average molecular weight is 432 g/mol. The second kappa shape index (κ2) is 7.62. The van der Waals surface area contributed by atoms with Gasteiger partial charge in [0.15, 0.2) is 0 Å². The van der Waals surface area contributed by atoms with Crippen LogP contribution in [0.3, 0.4) is 0 Å². The Morgan fingerprint density at radius 2 is 1.91 bits per heavy atom. The number of hydrogen-bond donors (Lipinski definition) is 1. The Hall–Kier alpha value is -3.41. The third kappa shape index (κ3) is 3.40. The molecule has 1 N–H and O–H groups in total. The molecule has 3 aliphatic heterocycles. The monoisotopic (exact) mass is 431 g/mol. The van der Waals surface area contributed by atoms with Crippen molar-refractivity contribution in [2.75, 3.05) is 18.6 Å². The summed E-state index contributed by atoms with van der Waals surface area (Å²) in [5, 5.41) is 3.77. The number of carbonyl (C=O) groups is 1. The fourth-order valence-corrected chi connectivity index (χ4v) is 4.73. The van der Waals surface area contributed by atoms with Crippen molar-refractivity contribution in [3.63, 3.8) is 0 Å². The first-order valence-electron chi connectivity index (χ1n) is 11.0. The molecule has 0 radical (unpaired) electrons. The van der Waals surface area contributed by atoms with Gasteiger partial charge in [-0.05, 0) is 50.6 Å². The van der Waals surface area contributed by atoms with E-state index >= 15 is 0 Å². The van der Waals surface area contributed by atoms with Gasteiger partial charge in [0.1, 0.15) is 24.3 Å². The van der Waals surface area contributed by atoms with Gasteiger partial charge >= 0.3 is 5.97 Å². The van der Waals surface area contributed by atoms with Crippen LogP contribution in [0.5, 0.6) is 5.75 Å². The number of anilines is 1. The van der Waals surface area contributed by atoms with Crippen LogP contribution < -0.4 is 15.0 Å². The first-order valence-corrected chi connectivity index (χ1v) is 11.0. The van der Waals surface area contributed by atoms with E-state index < -0.39 is 0 Å². The number of ether oxygens (including phenoxy) is 2. The van der Waals surface area contributed by atoms with Crippen molar-refractivity contribution in [2.45, 2.75) is 44.9 Å². The molecular weight excluding hydrogens is 402 g/mol. The number of nitrogens with zero attached hydrogens (tertiary/aromatic N) is 2. The molecular formula is C26H29N3O3. The van der Waals surface area contributed by atoms with Crippen molar-refractivity contribution in [2.24, 2.45) is 0 Å². The lowest BCUT2D eigenvalue weighted by atomic mass is 10.1. The summed E-state index contributed by atoms with van der Waals surface area (Å²) in [6, 6.07) is 16.4. The van der Waals surface area contributed by atoms with E-state index in [-0.39, 0.29) is 30.1 Å². The van der Waals surface area contributed by atoms with Gasteiger partial charge in [-0.1, -0.05) is 36.4 Å². The summed E-state index contributed by atoms with van der Waals surface area (Å²) in [4.78, 5) is 17.0. The van der Waals surface area contributed by atoms with Crippen LogP contribution in [-0.2, 0) is 9.53 Å².